The predicted molar refractivity (Wildman–Crippen MR) is 144 cm³/mol. The van der Waals surface area contributed by atoms with E-state index in [1.165, 1.54) is 51.4 Å². The minimum absolute atomic E-state index is 0.0180. The van der Waals surface area contributed by atoms with E-state index in [0.29, 0.717) is 25.6 Å². The van der Waals surface area contributed by atoms with Crippen molar-refractivity contribution in [3.63, 3.8) is 0 Å². The first kappa shape index (κ1) is 32.9. The van der Waals surface area contributed by atoms with Crippen LogP contribution in [0.1, 0.15) is 156 Å². The van der Waals surface area contributed by atoms with Gasteiger partial charge in [0.25, 0.3) is 0 Å². The van der Waals surface area contributed by atoms with Crippen molar-refractivity contribution in [2.75, 3.05) is 13.2 Å². The second-order valence-corrected chi connectivity index (χ2v) is 10.1. The van der Waals surface area contributed by atoms with Crippen LogP contribution in [0.5, 0.6) is 0 Å². The summed E-state index contributed by atoms with van der Waals surface area (Å²) in [6.07, 6.45) is 22.6. The molecule has 4 heteroatoms. The first-order chi connectivity index (χ1) is 16.6. The molecule has 34 heavy (non-hydrogen) atoms. The lowest BCUT2D eigenvalue weighted by atomic mass is 9.84. The van der Waals surface area contributed by atoms with Crippen LogP contribution in [0, 0.1) is 11.8 Å². The molecule has 2 atom stereocenters. The largest absolute Gasteiger partial charge is 0.466 e. The molecule has 0 bridgehead atoms. The quantitative estimate of drug-likeness (QED) is 0.0961. The van der Waals surface area contributed by atoms with Crippen molar-refractivity contribution in [2.45, 2.75) is 156 Å². The standard InChI is InChI=1S/C30H58O4/c1-5-9-21-25-33-29(31)24-20-18-16-14-12-11-13-15-17-19-23-27(7-3)28(8-4)30(32)34-26-22-10-6-2/h27-28H,5-26H2,1-4H3. The minimum Gasteiger partial charge on any atom is -0.466 e. The summed E-state index contributed by atoms with van der Waals surface area (Å²) in [6.45, 7) is 9.85. The highest BCUT2D eigenvalue weighted by Gasteiger charge is 2.26. The van der Waals surface area contributed by atoms with E-state index in [0.717, 1.165) is 70.6 Å². The van der Waals surface area contributed by atoms with Gasteiger partial charge < -0.3 is 9.47 Å². The van der Waals surface area contributed by atoms with Gasteiger partial charge in [-0.3, -0.25) is 9.59 Å². The van der Waals surface area contributed by atoms with Crippen LogP contribution in [0.2, 0.25) is 0 Å². The van der Waals surface area contributed by atoms with Crippen LogP contribution in [0.4, 0.5) is 0 Å². The predicted octanol–water partition coefficient (Wildman–Crippen LogP) is 9.19. The lowest BCUT2D eigenvalue weighted by Crippen LogP contribution is -2.25. The molecule has 0 radical (unpaired) electrons. The molecule has 0 aromatic carbocycles. The molecule has 0 amide bonds. The first-order valence-electron chi connectivity index (χ1n) is 14.9. The Morgan fingerprint density at radius 3 is 1.56 bits per heavy atom. The fraction of sp³-hybridized carbons (Fsp3) is 0.933. The van der Waals surface area contributed by atoms with Gasteiger partial charge >= 0.3 is 11.9 Å². The molecule has 4 nitrogen and oxygen atoms in total. The average Bonchev–Trinajstić information content (AvgIpc) is 2.84. The highest BCUT2D eigenvalue weighted by atomic mass is 16.5. The second-order valence-electron chi connectivity index (χ2n) is 10.1. The molecule has 0 aromatic rings. The van der Waals surface area contributed by atoms with Crippen molar-refractivity contribution in [3.05, 3.63) is 0 Å². The van der Waals surface area contributed by atoms with Crippen LogP contribution in [0.25, 0.3) is 0 Å². The Hall–Kier alpha value is -1.06. The zero-order chi connectivity index (χ0) is 25.3. The van der Waals surface area contributed by atoms with E-state index in [1.807, 2.05) is 0 Å². The lowest BCUT2D eigenvalue weighted by molar-refractivity contribution is -0.151. The molecule has 2 unspecified atom stereocenters. The van der Waals surface area contributed by atoms with Crippen molar-refractivity contribution in [2.24, 2.45) is 11.8 Å². The van der Waals surface area contributed by atoms with Gasteiger partial charge in [-0.15, -0.1) is 0 Å². The summed E-state index contributed by atoms with van der Waals surface area (Å²) in [4.78, 5) is 24.1. The monoisotopic (exact) mass is 482 g/mol. The molecule has 0 aliphatic heterocycles. The Kier molecular flexibility index (Phi) is 24.3. The van der Waals surface area contributed by atoms with Gasteiger partial charge in [-0.2, -0.15) is 0 Å². The van der Waals surface area contributed by atoms with E-state index in [-0.39, 0.29) is 17.9 Å². The molecule has 0 fully saturated rings. The number of esters is 2. The van der Waals surface area contributed by atoms with E-state index in [2.05, 4.69) is 27.7 Å². The minimum atomic E-state index is -0.0180. The van der Waals surface area contributed by atoms with Gasteiger partial charge in [-0.05, 0) is 38.0 Å². The van der Waals surface area contributed by atoms with Gasteiger partial charge in [0.2, 0.25) is 0 Å². The summed E-state index contributed by atoms with van der Waals surface area (Å²) < 4.78 is 10.8. The summed E-state index contributed by atoms with van der Waals surface area (Å²) in [5, 5.41) is 0. The van der Waals surface area contributed by atoms with Crippen LogP contribution >= 0.6 is 0 Å². The summed E-state index contributed by atoms with van der Waals surface area (Å²) in [7, 11) is 0. The lowest BCUT2D eigenvalue weighted by Gasteiger charge is -2.23. The maximum absolute atomic E-state index is 12.5. The van der Waals surface area contributed by atoms with E-state index in [1.54, 1.807) is 0 Å². The summed E-state index contributed by atoms with van der Waals surface area (Å²) in [6, 6.07) is 0. The normalized spacial score (nSPS) is 12.9. The van der Waals surface area contributed by atoms with Gasteiger partial charge in [0.1, 0.15) is 0 Å². The average molecular weight is 483 g/mol. The highest BCUT2D eigenvalue weighted by molar-refractivity contribution is 5.72. The molecule has 0 rings (SSSR count). The Morgan fingerprint density at radius 1 is 0.559 bits per heavy atom. The van der Waals surface area contributed by atoms with E-state index in [9.17, 15) is 9.59 Å². The van der Waals surface area contributed by atoms with Gasteiger partial charge in [0.05, 0.1) is 19.1 Å². The van der Waals surface area contributed by atoms with Crippen molar-refractivity contribution in [3.8, 4) is 0 Å². The maximum atomic E-state index is 12.5. The van der Waals surface area contributed by atoms with Crippen LogP contribution in [0.15, 0.2) is 0 Å². The van der Waals surface area contributed by atoms with Crippen LogP contribution in [-0.4, -0.2) is 25.2 Å². The van der Waals surface area contributed by atoms with Crippen molar-refractivity contribution in [1.29, 1.82) is 0 Å². The number of rotatable bonds is 25. The smallest absolute Gasteiger partial charge is 0.309 e. The SMILES string of the molecule is CCCCCOC(=O)CCCCCCCCCCCCC(CC)C(CC)C(=O)OCCCCC. The molecule has 0 aliphatic carbocycles. The molecule has 0 spiro atoms. The molecule has 0 saturated heterocycles. The summed E-state index contributed by atoms with van der Waals surface area (Å²) in [5.41, 5.74) is 0. The first-order valence-corrected chi connectivity index (χ1v) is 14.9. The molecule has 0 saturated carbocycles. The van der Waals surface area contributed by atoms with E-state index < -0.39 is 0 Å². The topological polar surface area (TPSA) is 52.6 Å². The Labute approximate surface area is 212 Å². The third-order valence-corrected chi connectivity index (χ3v) is 7.04. The van der Waals surface area contributed by atoms with Crippen LogP contribution < -0.4 is 0 Å². The fourth-order valence-corrected chi connectivity index (χ4v) is 4.71. The Balaban J connectivity index is 3.65. The van der Waals surface area contributed by atoms with Gasteiger partial charge in [0.15, 0.2) is 0 Å². The Morgan fingerprint density at radius 2 is 1.06 bits per heavy atom. The van der Waals surface area contributed by atoms with Crippen LogP contribution in [-0.2, 0) is 19.1 Å². The number of hydrogen-bond donors (Lipinski definition) is 0. The molecule has 0 aromatic heterocycles. The van der Waals surface area contributed by atoms with E-state index in [4.69, 9.17) is 9.47 Å². The molecular weight excluding hydrogens is 424 g/mol. The van der Waals surface area contributed by atoms with Crippen molar-refractivity contribution < 1.29 is 19.1 Å². The molecule has 0 heterocycles. The zero-order valence-electron chi connectivity index (χ0n) is 23.3. The highest BCUT2D eigenvalue weighted by Crippen LogP contribution is 2.27. The summed E-state index contributed by atoms with van der Waals surface area (Å²) >= 11 is 0. The Bertz CT molecular complexity index is 463. The van der Waals surface area contributed by atoms with Gasteiger partial charge in [-0.25, -0.2) is 0 Å². The number of hydrogen-bond acceptors (Lipinski definition) is 4. The molecule has 0 aliphatic rings. The summed E-state index contributed by atoms with van der Waals surface area (Å²) in [5.74, 6) is 0.566. The molecule has 202 valence electrons. The third kappa shape index (κ3) is 19.3. The number of unbranched alkanes of at least 4 members (excludes halogenated alkanes) is 13. The second kappa shape index (κ2) is 25.0. The number of carbonyl (C=O) groups is 2. The number of ether oxygens (including phenoxy) is 2. The number of carbonyl (C=O) groups excluding carboxylic acids is 2. The fourth-order valence-electron chi connectivity index (χ4n) is 4.71. The van der Waals surface area contributed by atoms with Gasteiger partial charge in [-0.1, -0.05) is 118 Å². The van der Waals surface area contributed by atoms with Gasteiger partial charge in [0, 0.05) is 6.42 Å². The third-order valence-electron chi connectivity index (χ3n) is 7.04. The molecular formula is C30H58O4. The maximum Gasteiger partial charge on any atom is 0.309 e. The van der Waals surface area contributed by atoms with Crippen molar-refractivity contribution in [1.82, 2.24) is 0 Å². The molecule has 0 N–H and O–H groups in total. The van der Waals surface area contributed by atoms with Crippen molar-refractivity contribution >= 4 is 11.9 Å². The zero-order valence-corrected chi connectivity index (χ0v) is 23.3. The van der Waals surface area contributed by atoms with Crippen LogP contribution in [0.3, 0.4) is 0 Å². The van der Waals surface area contributed by atoms with E-state index >= 15 is 0 Å².